The van der Waals surface area contributed by atoms with Gasteiger partial charge >= 0.3 is 0 Å². The summed E-state index contributed by atoms with van der Waals surface area (Å²) < 4.78 is 5.50. The van der Waals surface area contributed by atoms with Gasteiger partial charge in [0, 0.05) is 0 Å². The van der Waals surface area contributed by atoms with E-state index in [1.54, 1.807) is 0 Å². The number of ether oxygens (including phenoxy) is 1. The molecule has 16 heavy (non-hydrogen) atoms. The highest BCUT2D eigenvalue weighted by molar-refractivity contribution is 6.22. The van der Waals surface area contributed by atoms with E-state index in [9.17, 15) is 0 Å². The smallest absolute Gasteiger partial charge is 0.119 e. The minimum atomic E-state index is 0.194. The average molecular weight is 237 g/mol. The molecule has 0 radical (unpaired) electrons. The zero-order valence-corrected chi connectivity index (χ0v) is 10.3. The van der Waals surface area contributed by atoms with Crippen LogP contribution in [0.1, 0.15) is 31.7 Å². The van der Waals surface area contributed by atoms with Crippen LogP contribution < -0.4 is 4.74 Å². The first-order valence-corrected chi connectivity index (χ1v) is 6.31. The van der Waals surface area contributed by atoms with Gasteiger partial charge in [-0.1, -0.05) is 18.2 Å². The molecule has 0 aliphatic heterocycles. The quantitative estimate of drug-likeness (QED) is 0.713. The molecule has 0 saturated carbocycles. The van der Waals surface area contributed by atoms with E-state index in [1.807, 2.05) is 19.1 Å². The minimum absolute atomic E-state index is 0.194. The van der Waals surface area contributed by atoms with Gasteiger partial charge in [0.1, 0.15) is 5.75 Å². The van der Waals surface area contributed by atoms with Crippen molar-refractivity contribution in [1.82, 2.24) is 0 Å². The van der Waals surface area contributed by atoms with Crippen LogP contribution in [-0.4, -0.2) is 12.0 Å². The predicted octanol–water partition coefficient (Wildman–Crippen LogP) is 4.26. The highest BCUT2D eigenvalue weighted by Gasteiger charge is 2.12. The highest BCUT2D eigenvalue weighted by atomic mass is 35.5. The fourth-order valence-electron chi connectivity index (χ4n) is 2.07. The Balaban J connectivity index is 2.22. The van der Waals surface area contributed by atoms with Crippen molar-refractivity contribution in [1.29, 1.82) is 0 Å². The summed E-state index contributed by atoms with van der Waals surface area (Å²) in [6.07, 6.45) is 5.57. The van der Waals surface area contributed by atoms with Crippen LogP contribution in [0.3, 0.4) is 0 Å². The number of hydrogen-bond acceptors (Lipinski definition) is 1. The van der Waals surface area contributed by atoms with E-state index in [-0.39, 0.29) is 5.38 Å². The molecular formula is C14H17ClO. The lowest BCUT2D eigenvalue weighted by Gasteiger charge is -2.17. The molecule has 1 aliphatic carbocycles. The van der Waals surface area contributed by atoms with Crippen LogP contribution in [0.15, 0.2) is 30.3 Å². The first-order chi connectivity index (χ1) is 7.79. The van der Waals surface area contributed by atoms with Crippen molar-refractivity contribution >= 4 is 17.2 Å². The molecule has 0 bridgehead atoms. The predicted molar refractivity (Wildman–Crippen MR) is 69.1 cm³/mol. The summed E-state index contributed by atoms with van der Waals surface area (Å²) in [5, 5.41) is 0.194. The molecule has 1 aromatic carbocycles. The zero-order chi connectivity index (χ0) is 11.4. The minimum Gasteiger partial charge on any atom is -0.494 e. The normalized spacial score (nSPS) is 20.4. The Hall–Kier alpha value is -0.950. The number of rotatable bonds is 3. The van der Waals surface area contributed by atoms with E-state index in [4.69, 9.17) is 16.3 Å². The second kappa shape index (κ2) is 5.40. The monoisotopic (exact) mass is 236 g/mol. The van der Waals surface area contributed by atoms with Crippen LogP contribution in [0.25, 0.3) is 5.57 Å². The Morgan fingerprint density at radius 3 is 3.06 bits per heavy atom. The van der Waals surface area contributed by atoms with Gasteiger partial charge in [0.25, 0.3) is 0 Å². The molecule has 0 saturated heterocycles. The summed E-state index contributed by atoms with van der Waals surface area (Å²) in [6, 6.07) is 8.26. The van der Waals surface area contributed by atoms with Crippen molar-refractivity contribution in [2.45, 2.75) is 31.6 Å². The standard InChI is InChI=1S/C14H17ClO/c1-2-16-14-8-4-6-12(10-14)11-5-3-7-13(15)9-11/h4,6,8-10,13H,2-3,5,7H2,1H3. The third-order valence-corrected chi connectivity index (χ3v) is 3.17. The molecule has 1 unspecified atom stereocenters. The first-order valence-electron chi connectivity index (χ1n) is 5.87. The molecule has 1 aromatic rings. The van der Waals surface area contributed by atoms with E-state index in [0.717, 1.165) is 18.6 Å². The molecule has 1 aliphatic rings. The van der Waals surface area contributed by atoms with Crippen LogP contribution in [-0.2, 0) is 0 Å². The molecule has 2 rings (SSSR count). The Morgan fingerprint density at radius 2 is 2.31 bits per heavy atom. The Bertz CT molecular complexity index is 384. The summed E-state index contributed by atoms with van der Waals surface area (Å²) in [7, 11) is 0. The van der Waals surface area contributed by atoms with E-state index >= 15 is 0 Å². The van der Waals surface area contributed by atoms with Crippen molar-refractivity contribution < 1.29 is 4.74 Å². The van der Waals surface area contributed by atoms with Gasteiger partial charge in [0.15, 0.2) is 0 Å². The number of allylic oxidation sites excluding steroid dienone is 2. The second-order valence-electron chi connectivity index (χ2n) is 4.06. The summed E-state index contributed by atoms with van der Waals surface area (Å²) >= 11 is 6.15. The van der Waals surface area contributed by atoms with Gasteiger partial charge in [-0.15, -0.1) is 11.6 Å². The number of benzene rings is 1. The molecule has 86 valence electrons. The average Bonchev–Trinajstić information content (AvgIpc) is 2.30. The van der Waals surface area contributed by atoms with Gasteiger partial charge in [-0.2, -0.15) is 0 Å². The summed E-state index contributed by atoms with van der Waals surface area (Å²) in [6.45, 7) is 2.71. The van der Waals surface area contributed by atoms with Gasteiger partial charge in [-0.25, -0.2) is 0 Å². The van der Waals surface area contributed by atoms with E-state index in [1.165, 1.54) is 17.6 Å². The van der Waals surface area contributed by atoms with Gasteiger partial charge in [-0.05, 0) is 49.5 Å². The molecular weight excluding hydrogens is 220 g/mol. The van der Waals surface area contributed by atoms with Crippen molar-refractivity contribution in [3.63, 3.8) is 0 Å². The highest BCUT2D eigenvalue weighted by Crippen LogP contribution is 2.30. The zero-order valence-electron chi connectivity index (χ0n) is 9.58. The van der Waals surface area contributed by atoms with Gasteiger partial charge < -0.3 is 4.74 Å². The fraction of sp³-hybridized carbons (Fsp3) is 0.429. The summed E-state index contributed by atoms with van der Waals surface area (Å²) in [5.74, 6) is 0.942. The fourth-order valence-corrected chi connectivity index (χ4v) is 2.37. The van der Waals surface area contributed by atoms with Crippen LogP contribution >= 0.6 is 11.6 Å². The molecule has 0 spiro atoms. The van der Waals surface area contributed by atoms with Crippen LogP contribution in [0.2, 0.25) is 0 Å². The van der Waals surface area contributed by atoms with E-state index in [2.05, 4.69) is 18.2 Å². The van der Waals surface area contributed by atoms with Crippen LogP contribution in [0, 0.1) is 0 Å². The maximum Gasteiger partial charge on any atom is 0.119 e. The largest absolute Gasteiger partial charge is 0.494 e. The molecule has 0 heterocycles. The van der Waals surface area contributed by atoms with Crippen molar-refractivity contribution in [2.24, 2.45) is 0 Å². The number of halogens is 1. The second-order valence-corrected chi connectivity index (χ2v) is 4.62. The van der Waals surface area contributed by atoms with Crippen LogP contribution in [0.4, 0.5) is 0 Å². The summed E-state index contributed by atoms with van der Waals surface area (Å²) in [5.41, 5.74) is 2.60. The maximum atomic E-state index is 6.15. The Labute approximate surface area is 102 Å². The lowest BCUT2D eigenvalue weighted by atomic mass is 9.93. The number of hydrogen-bond donors (Lipinski definition) is 0. The maximum absolute atomic E-state index is 6.15. The first kappa shape index (κ1) is 11.5. The SMILES string of the molecule is CCOc1cccc(C2=CC(Cl)CCC2)c1. The van der Waals surface area contributed by atoms with Gasteiger partial charge in [0.2, 0.25) is 0 Å². The Morgan fingerprint density at radius 1 is 1.44 bits per heavy atom. The number of alkyl halides is 1. The third-order valence-electron chi connectivity index (χ3n) is 2.82. The molecule has 0 aromatic heterocycles. The van der Waals surface area contributed by atoms with Gasteiger partial charge in [0.05, 0.1) is 12.0 Å². The van der Waals surface area contributed by atoms with Crippen molar-refractivity contribution in [3.05, 3.63) is 35.9 Å². The topological polar surface area (TPSA) is 9.23 Å². The lowest BCUT2D eigenvalue weighted by Crippen LogP contribution is -2.03. The molecule has 0 N–H and O–H groups in total. The van der Waals surface area contributed by atoms with Crippen molar-refractivity contribution in [2.75, 3.05) is 6.61 Å². The summed E-state index contributed by atoms with van der Waals surface area (Å²) in [4.78, 5) is 0. The molecule has 1 atom stereocenters. The van der Waals surface area contributed by atoms with E-state index < -0.39 is 0 Å². The molecule has 0 fully saturated rings. The van der Waals surface area contributed by atoms with Gasteiger partial charge in [-0.3, -0.25) is 0 Å². The lowest BCUT2D eigenvalue weighted by molar-refractivity contribution is 0.340. The molecule has 0 amide bonds. The molecule has 2 heteroatoms. The van der Waals surface area contributed by atoms with Crippen molar-refractivity contribution in [3.8, 4) is 5.75 Å². The van der Waals surface area contributed by atoms with E-state index in [0.29, 0.717) is 6.61 Å². The third kappa shape index (κ3) is 2.79. The Kier molecular flexibility index (Phi) is 3.89. The van der Waals surface area contributed by atoms with Crippen LogP contribution in [0.5, 0.6) is 5.75 Å². The molecule has 1 nitrogen and oxygen atoms in total.